The minimum absolute atomic E-state index is 0.0633. The van der Waals surface area contributed by atoms with Gasteiger partial charge >= 0.3 is 11.9 Å². The minimum atomic E-state index is -4.70. The van der Waals surface area contributed by atoms with Gasteiger partial charge in [-0.25, -0.2) is 0 Å². The van der Waals surface area contributed by atoms with E-state index >= 15 is 0 Å². The molecule has 2 aromatic rings. The molecule has 8 heteroatoms. The van der Waals surface area contributed by atoms with Crippen LogP contribution in [-0.4, -0.2) is 24.9 Å². The van der Waals surface area contributed by atoms with Gasteiger partial charge in [-0.15, -0.1) is 0 Å². The van der Waals surface area contributed by atoms with Gasteiger partial charge in [0, 0.05) is 30.7 Å². The van der Waals surface area contributed by atoms with Crippen molar-refractivity contribution in [1.29, 1.82) is 0 Å². The molecule has 2 rings (SSSR count). The molecule has 0 amide bonds. The maximum absolute atomic E-state index is 11.5. The summed E-state index contributed by atoms with van der Waals surface area (Å²) in [5.41, 5.74) is 0. The van der Waals surface area contributed by atoms with Gasteiger partial charge in [-0.2, -0.15) is 8.42 Å². The Bertz CT molecular complexity index is 868. The minimum Gasteiger partial charge on any atom is -0.426 e. The van der Waals surface area contributed by atoms with Gasteiger partial charge in [0.2, 0.25) is 0 Å². The summed E-state index contributed by atoms with van der Waals surface area (Å²) >= 11 is 0. The Morgan fingerprint density at radius 3 is 2.05 bits per heavy atom. The molecule has 22 heavy (non-hydrogen) atoms. The second-order valence-electron chi connectivity index (χ2n) is 4.41. The Labute approximate surface area is 126 Å². The van der Waals surface area contributed by atoms with Crippen molar-refractivity contribution in [3.63, 3.8) is 0 Å². The molecule has 0 aliphatic rings. The number of carbonyl (C=O) groups is 2. The molecule has 7 nitrogen and oxygen atoms in total. The van der Waals surface area contributed by atoms with Crippen molar-refractivity contribution in [3.05, 3.63) is 30.3 Å². The molecule has 0 heterocycles. The van der Waals surface area contributed by atoms with E-state index < -0.39 is 27.0 Å². The van der Waals surface area contributed by atoms with Crippen molar-refractivity contribution >= 4 is 32.8 Å². The third-order valence-corrected chi connectivity index (χ3v) is 3.56. The fraction of sp³-hybridized carbons (Fsp3) is 0.143. The van der Waals surface area contributed by atoms with Crippen LogP contribution in [0.3, 0.4) is 0 Å². The number of hydrogen-bond acceptors (Lipinski definition) is 6. The molecule has 0 radical (unpaired) electrons. The molecular formula is C14H12O7S. The van der Waals surface area contributed by atoms with Crippen molar-refractivity contribution < 1.29 is 32.0 Å². The highest BCUT2D eigenvalue weighted by Crippen LogP contribution is 2.39. The zero-order valence-electron chi connectivity index (χ0n) is 11.7. The van der Waals surface area contributed by atoms with E-state index in [1.807, 2.05) is 0 Å². The zero-order chi connectivity index (χ0) is 16.5. The summed E-state index contributed by atoms with van der Waals surface area (Å²) in [6.45, 7) is 2.25. The molecule has 0 spiro atoms. The maximum Gasteiger partial charge on any atom is 0.308 e. The SMILES string of the molecule is CC(=O)Oc1cc(S(=O)(=O)O)c(OC(C)=O)c2ccccc12. The molecule has 0 unspecified atom stereocenters. The second-order valence-corrected chi connectivity index (χ2v) is 5.80. The quantitative estimate of drug-likeness (QED) is 0.522. The fourth-order valence-corrected chi connectivity index (χ4v) is 2.61. The van der Waals surface area contributed by atoms with Crippen LogP contribution in [0.4, 0.5) is 0 Å². The van der Waals surface area contributed by atoms with Crippen LogP contribution in [-0.2, 0) is 19.7 Å². The number of ether oxygens (including phenoxy) is 2. The lowest BCUT2D eigenvalue weighted by Gasteiger charge is -2.13. The van der Waals surface area contributed by atoms with Crippen molar-refractivity contribution in [2.24, 2.45) is 0 Å². The van der Waals surface area contributed by atoms with Gasteiger partial charge in [-0.1, -0.05) is 24.3 Å². The van der Waals surface area contributed by atoms with Crippen LogP contribution in [0.15, 0.2) is 35.2 Å². The fourth-order valence-electron chi connectivity index (χ4n) is 1.97. The first-order valence-electron chi connectivity index (χ1n) is 6.10. The predicted octanol–water partition coefficient (Wildman–Crippen LogP) is 1.94. The molecule has 1 N–H and O–H groups in total. The summed E-state index contributed by atoms with van der Waals surface area (Å²) in [5.74, 6) is -1.80. The number of fused-ring (bicyclic) bond motifs is 1. The van der Waals surface area contributed by atoms with Crippen molar-refractivity contribution in [2.45, 2.75) is 18.7 Å². The van der Waals surface area contributed by atoms with Crippen molar-refractivity contribution in [1.82, 2.24) is 0 Å². The smallest absolute Gasteiger partial charge is 0.308 e. The first-order chi connectivity index (χ1) is 10.2. The molecule has 0 bridgehead atoms. The molecule has 116 valence electrons. The summed E-state index contributed by atoms with van der Waals surface area (Å²) in [6, 6.07) is 7.21. The molecule has 2 aromatic carbocycles. The third kappa shape index (κ3) is 3.23. The standard InChI is InChI=1S/C14H12O7S/c1-8(15)20-12-7-13(22(17,18)19)14(21-9(2)16)11-6-4-3-5-10(11)12/h3-7H,1-2H3,(H,17,18,19). The average molecular weight is 324 g/mol. The van der Waals surface area contributed by atoms with Crippen LogP contribution in [0, 0.1) is 0 Å². The monoisotopic (exact) mass is 324 g/mol. The van der Waals surface area contributed by atoms with E-state index in [9.17, 15) is 22.6 Å². The first-order valence-corrected chi connectivity index (χ1v) is 7.54. The molecule has 0 fully saturated rings. The molecule has 0 aliphatic heterocycles. The topological polar surface area (TPSA) is 107 Å². The van der Waals surface area contributed by atoms with Crippen molar-refractivity contribution in [3.8, 4) is 11.5 Å². The lowest BCUT2D eigenvalue weighted by Crippen LogP contribution is -2.10. The Kier molecular flexibility index (Phi) is 4.16. The van der Waals surface area contributed by atoms with E-state index in [2.05, 4.69) is 0 Å². The van der Waals surface area contributed by atoms with Crippen LogP contribution in [0.1, 0.15) is 13.8 Å². The van der Waals surface area contributed by atoms with Crippen molar-refractivity contribution in [2.75, 3.05) is 0 Å². The summed E-state index contributed by atoms with van der Waals surface area (Å²) < 4.78 is 42.3. The Morgan fingerprint density at radius 1 is 1.00 bits per heavy atom. The molecule has 0 saturated heterocycles. The van der Waals surface area contributed by atoms with E-state index in [0.717, 1.165) is 19.9 Å². The summed E-state index contributed by atoms with van der Waals surface area (Å²) in [6.07, 6.45) is 0. The lowest BCUT2D eigenvalue weighted by atomic mass is 10.1. The van der Waals surface area contributed by atoms with Gasteiger partial charge < -0.3 is 9.47 Å². The van der Waals surface area contributed by atoms with Gasteiger partial charge in [0.1, 0.15) is 10.6 Å². The van der Waals surface area contributed by atoms with E-state index in [1.54, 1.807) is 18.2 Å². The zero-order valence-corrected chi connectivity index (χ0v) is 12.5. The predicted molar refractivity (Wildman–Crippen MR) is 76.4 cm³/mol. The number of carbonyl (C=O) groups excluding carboxylic acids is 2. The van der Waals surface area contributed by atoms with Crippen LogP contribution >= 0.6 is 0 Å². The Hall–Kier alpha value is -2.45. The number of hydrogen-bond donors (Lipinski definition) is 1. The van der Waals surface area contributed by atoms with Gasteiger partial charge in [0.15, 0.2) is 5.75 Å². The third-order valence-electron chi connectivity index (χ3n) is 2.70. The molecule has 0 saturated carbocycles. The summed E-state index contributed by atoms with van der Waals surface area (Å²) in [4.78, 5) is 21.7. The summed E-state index contributed by atoms with van der Waals surface area (Å²) in [5, 5.41) is 0.574. The van der Waals surface area contributed by atoms with E-state index in [-0.39, 0.29) is 16.9 Å². The van der Waals surface area contributed by atoms with Crippen LogP contribution in [0.5, 0.6) is 11.5 Å². The normalized spacial score (nSPS) is 11.2. The average Bonchev–Trinajstić information content (AvgIpc) is 2.39. The number of rotatable bonds is 3. The van der Waals surface area contributed by atoms with Gasteiger partial charge in [-0.05, 0) is 0 Å². The summed E-state index contributed by atoms with van der Waals surface area (Å²) in [7, 11) is -4.70. The first kappa shape index (κ1) is 15.9. The lowest BCUT2D eigenvalue weighted by molar-refractivity contribution is -0.133. The Balaban J connectivity index is 2.90. The van der Waals surface area contributed by atoms with Gasteiger partial charge in [0.05, 0.1) is 0 Å². The van der Waals surface area contributed by atoms with E-state index in [4.69, 9.17) is 9.47 Å². The molecule has 0 aliphatic carbocycles. The second kappa shape index (κ2) is 5.74. The number of esters is 2. The highest BCUT2D eigenvalue weighted by molar-refractivity contribution is 7.86. The highest BCUT2D eigenvalue weighted by atomic mass is 32.2. The molecular weight excluding hydrogens is 312 g/mol. The van der Waals surface area contributed by atoms with Crippen LogP contribution in [0.25, 0.3) is 10.8 Å². The van der Waals surface area contributed by atoms with Crippen LogP contribution in [0.2, 0.25) is 0 Å². The maximum atomic E-state index is 11.5. The highest BCUT2D eigenvalue weighted by Gasteiger charge is 2.24. The molecule has 0 atom stereocenters. The van der Waals surface area contributed by atoms with Gasteiger partial charge in [-0.3, -0.25) is 14.1 Å². The number of benzene rings is 2. The Morgan fingerprint density at radius 2 is 1.55 bits per heavy atom. The van der Waals surface area contributed by atoms with E-state index in [0.29, 0.717) is 5.39 Å². The van der Waals surface area contributed by atoms with Crippen LogP contribution < -0.4 is 9.47 Å². The largest absolute Gasteiger partial charge is 0.426 e. The van der Waals surface area contributed by atoms with Gasteiger partial charge in [0.25, 0.3) is 10.1 Å². The molecule has 0 aromatic heterocycles. The van der Waals surface area contributed by atoms with E-state index in [1.165, 1.54) is 6.07 Å².